The molecule has 0 heterocycles. The van der Waals surface area contributed by atoms with Gasteiger partial charge in [0.2, 0.25) is 0 Å². The zero-order valence-electron chi connectivity index (χ0n) is 11.7. The van der Waals surface area contributed by atoms with Crippen LogP contribution in [-0.2, 0) is 9.47 Å². The molecule has 0 aromatic heterocycles. The van der Waals surface area contributed by atoms with E-state index in [0.29, 0.717) is 6.61 Å². The van der Waals surface area contributed by atoms with Gasteiger partial charge in [0.15, 0.2) is 11.6 Å². The fraction of sp³-hybridized carbons (Fsp3) is 0.500. The minimum absolute atomic E-state index is 0.0881. The minimum Gasteiger partial charge on any atom is -0.488 e. The number of esters is 1. The Morgan fingerprint density at radius 1 is 1.26 bits per heavy atom. The van der Waals surface area contributed by atoms with Gasteiger partial charge in [-0.15, -0.1) is 0 Å². The average Bonchev–Trinajstić information content (AvgIpc) is 2.33. The van der Waals surface area contributed by atoms with E-state index < -0.39 is 11.8 Å². The number of rotatable bonds is 5. The third-order valence-electron chi connectivity index (χ3n) is 2.23. The predicted octanol–water partition coefficient (Wildman–Crippen LogP) is 2.81. The summed E-state index contributed by atoms with van der Waals surface area (Å²) in [5, 5.41) is 0. The predicted molar refractivity (Wildman–Crippen MR) is 68.9 cm³/mol. The van der Waals surface area contributed by atoms with Crippen molar-refractivity contribution in [1.29, 1.82) is 0 Å². The van der Waals surface area contributed by atoms with E-state index in [1.807, 2.05) is 20.8 Å². The first-order valence-electron chi connectivity index (χ1n) is 5.98. The Balaban J connectivity index is 2.54. The van der Waals surface area contributed by atoms with Gasteiger partial charge < -0.3 is 14.2 Å². The van der Waals surface area contributed by atoms with E-state index in [2.05, 4.69) is 4.74 Å². The van der Waals surface area contributed by atoms with Crippen molar-refractivity contribution in [2.45, 2.75) is 26.4 Å². The van der Waals surface area contributed by atoms with Gasteiger partial charge in [-0.1, -0.05) is 0 Å². The maximum Gasteiger partial charge on any atom is 0.337 e. The van der Waals surface area contributed by atoms with Crippen LogP contribution in [0.4, 0.5) is 4.39 Å². The molecule has 5 heteroatoms. The van der Waals surface area contributed by atoms with Crippen molar-refractivity contribution >= 4 is 5.97 Å². The van der Waals surface area contributed by atoms with Crippen molar-refractivity contribution in [3.05, 3.63) is 29.6 Å². The van der Waals surface area contributed by atoms with Crippen molar-refractivity contribution in [2.24, 2.45) is 0 Å². The summed E-state index contributed by atoms with van der Waals surface area (Å²) in [7, 11) is 1.24. The molecule has 0 amide bonds. The quantitative estimate of drug-likeness (QED) is 0.609. The molecule has 0 fully saturated rings. The van der Waals surface area contributed by atoms with Gasteiger partial charge >= 0.3 is 5.97 Å². The highest BCUT2D eigenvalue weighted by Gasteiger charge is 2.12. The second-order valence-corrected chi connectivity index (χ2v) is 4.95. The first-order chi connectivity index (χ1) is 8.83. The van der Waals surface area contributed by atoms with Crippen molar-refractivity contribution < 1.29 is 23.4 Å². The third kappa shape index (κ3) is 5.26. The summed E-state index contributed by atoms with van der Waals surface area (Å²) in [6.07, 6.45) is 0. The molecule has 4 nitrogen and oxygen atoms in total. The number of halogens is 1. The summed E-state index contributed by atoms with van der Waals surface area (Å²) in [6.45, 7) is 6.39. The molecule has 0 bridgehead atoms. The Hall–Kier alpha value is -1.62. The summed E-state index contributed by atoms with van der Waals surface area (Å²) in [5.41, 5.74) is -0.102. The summed E-state index contributed by atoms with van der Waals surface area (Å²) >= 11 is 0. The molecular weight excluding hydrogens is 251 g/mol. The molecule has 0 unspecified atom stereocenters. The van der Waals surface area contributed by atoms with Crippen LogP contribution in [0.1, 0.15) is 31.1 Å². The normalized spacial score (nSPS) is 11.2. The molecule has 0 atom stereocenters. The second kappa shape index (κ2) is 6.52. The van der Waals surface area contributed by atoms with E-state index in [1.165, 1.54) is 19.2 Å². The fourth-order valence-electron chi connectivity index (χ4n) is 1.36. The van der Waals surface area contributed by atoms with Crippen LogP contribution >= 0.6 is 0 Å². The Morgan fingerprint density at radius 2 is 1.95 bits per heavy atom. The molecule has 1 aromatic rings. The first-order valence-corrected chi connectivity index (χ1v) is 5.98. The summed E-state index contributed by atoms with van der Waals surface area (Å²) < 4.78 is 28.8. The molecule has 106 valence electrons. The van der Waals surface area contributed by atoms with Crippen LogP contribution in [0.25, 0.3) is 0 Å². The van der Waals surface area contributed by atoms with E-state index in [9.17, 15) is 9.18 Å². The Bertz CT molecular complexity index is 438. The van der Waals surface area contributed by atoms with E-state index in [0.717, 1.165) is 6.07 Å². The molecule has 0 saturated heterocycles. The number of hydrogen-bond acceptors (Lipinski definition) is 4. The molecule has 0 N–H and O–H groups in total. The Labute approximate surface area is 112 Å². The fourth-order valence-corrected chi connectivity index (χ4v) is 1.36. The van der Waals surface area contributed by atoms with Gasteiger partial charge in [0.25, 0.3) is 0 Å². The Kier molecular flexibility index (Phi) is 5.30. The highest BCUT2D eigenvalue weighted by molar-refractivity contribution is 5.89. The number of benzene rings is 1. The van der Waals surface area contributed by atoms with Crippen molar-refractivity contribution in [1.82, 2.24) is 0 Å². The largest absolute Gasteiger partial charge is 0.488 e. The van der Waals surface area contributed by atoms with E-state index >= 15 is 0 Å². The maximum atomic E-state index is 13.6. The SMILES string of the molecule is COC(=O)c1ccc(OCCOC(C)(C)C)c(F)c1. The highest BCUT2D eigenvalue weighted by atomic mass is 19.1. The molecule has 0 spiro atoms. The summed E-state index contributed by atoms with van der Waals surface area (Å²) in [4.78, 5) is 11.2. The van der Waals surface area contributed by atoms with Crippen LogP contribution in [0.2, 0.25) is 0 Å². The maximum absolute atomic E-state index is 13.6. The molecule has 1 aromatic carbocycles. The molecular formula is C14H19FO4. The lowest BCUT2D eigenvalue weighted by Gasteiger charge is -2.19. The van der Waals surface area contributed by atoms with Crippen molar-refractivity contribution in [3.8, 4) is 5.75 Å². The Morgan fingerprint density at radius 3 is 2.47 bits per heavy atom. The lowest BCUT2D eigenvalue weighted by Crippen LogP contribution is -2.22. The van der Waals surface area contributed by atoms with Crippen LogP contribution in [0, 0.1) is 5.82 Å². The molecule has 0 saturated carbocycles. The number of carbonyl (C=O) groups is 1. The van der Waals surface area contributed by atoms with E-state index in [-0.39, 0.29) is 23.5 Å². The molecule has 0 aliphatic rings. The van der Waals surface area contributed by atoms with Gasteiger partial charge in [-0.05, 0) is 39.0 Å². The van der Waals surface area contributed by atoms with E-state index in [4.69, 9.17) is 9.47 Å². The van der Waals surface area contributed by atoms with Crippen molar-refractivity contribution in [3.63, 3.8) is 0 Å². The van der Waals surface area contributed by atoms with E-state index in [1.54, 1.807) is 0 Å². The van der Waals surface area contributed by atoms with Gasteiger partial charge in [-0.25, -0.2) is 9.18 Å². The van der Waals surface area contributed by atoms with Gasteiger partial charge in [-0.2, -0.15) is 0 Å². The monoisotopic (exact) mass is 270 g/mol. The number of carbonyl (C=O) groups excluding carboxylic acids is 1. The topological polar surface area (TPSA) is 44.8 Å². The zero-order chi connectivity index (χ0) is 14.5. The minimum atomic E-state index is -0.598. The van der Waals surface area contributed by atoms with Crippen LogP contribution < -0.4 is 4.74 Å². The lowest BCUT2D eigenvalue weighted by atomic mass is 10.2. The zero-order valence-corrected chi connectivity index (χ0v) is 11.7. The molecule has 19 heavy (non-hydrogen) atoms. The smallest absolute Gasteiger partial charge is 0.337 e. The highest BCUT2D eigenvalue weighted by Crippen LogP contribution is 2.19. The number of ether oxygens (including phenoxy) is 3. The summed E-state index contributed by atoms with van der Waals surface area (Å²) in [6, 6.07) is 3.94. The standard InChI is InChI=1S/C14H19FO4/c1-14(2,3)19-8-7-18-12-6-5-10(9-11(12)15)13(16)17-4/h5-6,9H,7-8H2,1-4H3. The second-order valence-electron chi connectivity index (χ2n) is 4.95. The molecule has 0 radical (unpaired) electrons. The van der Waals surface area contributed by atoms with Gasteiger partial charge in [0, 0.05) is 0 Å². The van der Waals surface area contributed by atoms with Crippen LogP contribution in [0.15, 0.2) is 18.2 Å². The average molecular weight is 270 g/mol. The van der Waals surface area contributed by atoms with Crippen LogP contribution in [0.3, 0.4) is 0 Å². The molecule has 0 aliphatic carbocycles. The number of hydrogen-bond donors (Lipinski definition) is 0. The summed E-state index contributed by atoms with van der Waals surface area (Å²) in [5.74, 6) is -1.09. The molecule has 0 aliphatic heterocycles. The van der Waals surface area contributed by atoms with Crippen molar-refractivity contribution in [2.75, 3.05) is 20.3 Å². The van der Waals surface area contributed by atoms with Gasteiger partial charge in [0.05, 0.1) is 24.9 Å². The third-order valence-corrected chi connectivity index (χ3v) is 2.23. The molecule has 1 rings (SSSR count). The first kappa shape index (κ1) is 15.4. The lowest BCUT2D eigenvalue weighted by molar-refractivity contribution is -0.0166. The van der Waals surface area contributed by atoms with Gasteiger partial charge in [0.1, 0.15) is 6.61 Å². The number of methoxy groups -OCH3 is 1. The van der Waals surface area contributed by atoms with Gasteiger partial charge in [-0.3, -0.25) is 0 Å². The van der Waals surface area contributed by atoms with Crippen LogP contribution in [-0.4, -0.2) is 31.9 Å². The van der Waals surface area contributed by atoms with Crippen LogP contribution in [0.5, 0.6) is 5.75 Å².